The van der Waals surface area contributed by atoms with Gasteiger partial charge in [0, 0.05) is 39.9 Å². The van der Waals surface area contributed by atoms with Gasteiger partial charge in [-0.25, -0.2) is 0 Å². The van der Waals surface area contributed by atoms with Crippen molar-refractivity contribution in [1.82, 2.24) is 4.57 Å². The van der Waals surface area contributed by atoms with Gasteiger partial charge >= 0.3 is 0 Å². The topological polar surface area (TPSA) is 8.17 Å². The van der Waals surface area contributed by atoms with Gasteiger partial charge in [0.05, 0.1) is 23.1 Å². The normalized spacial score (nSPS) is 27.0. The summed E-state index contributed by atoms with van der Waals surface area (Å²) >= 11 is 0. The van der Waals surface area contributed by atoms with Crippen molar-refractivity contribution in [3.63, 3.8) is 0 Å². The first-order valence-corrected chi connectivity index (χ1v) is 16.2. The average molecular weight is 569 g/mol. The molecule has 4 aromatic rings. The van der Waals surface area contributed by atoms with Crippen LogP contribution in [0.25, 0.3) is 33.1 Å². The Labute approximate surface area is 259 Å². The summed E-state index contributed by atoms with van der Waals surface area (Å²) in [5, 5.41) is 2.66. The Morgan fingerprint density at radius 1 is 0.659 bits per heavy atom. The molecule has 0 spiro atoms. The smallest absolute Gasteiger partial charge is 0.0552 e. The molecule has 4 aliphatic carbocycles. The molecule has 2 heterocycles. The zero-order valence-electron chi connectivity index (χ0n) is 24.8. The third kappa shape index (κ3) is 4.08. The Kier molecular flexibility index (Phi) is 6.07. The van der Waals surface area contributed by atoms with Crippen molar-refractivity contribution in [1.29, 1.82) is 0 Å². The maximum Gasteiger partial charge on any atom is 0.0552 e. The number of rotatable bonds is 4. The highest BCUT2D eigenvalue weighted by molar-refractivity contribution is 6.11. The standard InChI is InChI=1S/C42H36N2/c1-3-14-33(15-4-1)43-39-20-9-7-18-35(39)37-27-31(22-24-41(37)43)29-12-11-13-30(26-29)32-23-25-42-38(28-32)36-19-8-10-21-40(36)44(42)34-16-5-2-6-17-34/h1-5,7-11,13-16,18-29,35,37,39,41H,6,12,17H2. The van der Waals surface area contributed by atoms with Gasteiger partial charge in [-0.2, -0.15) is 0 Å². The lowest BCUT2D eigenvalue weighted by atomic mass is 9.77. The molecule has 2 heteroatoms. The number of fused-ring (bicyclic) bond motifs is 6. The van der Waals surface area contributed by atoms with E-state index in [1.165, 1.54) is 49.9 Å². The van der Waals surface area contributed by atoms with Crippen molar-refractivity contribution in [2.75, 3.05) is 4.90 Å². The summed E-state index contributed by atoms with van der Waals surface area (Å²) in [4.78, 5) is 2.63. The number of hydrogen-bond acceptors (Lipinski definition) is 1. The molecule has 0 saturated carbocycles. The summed E-state index contributed by atoms with van der Waals surface area (Å²) in [6.07, 6.45) is 34.0. The molecule has 1 aliphatic heterocycles. The van der Waals surface area contributed by atoms with E-state index < -0.39 is 0 Å². The monoisotopic (exact) mass is 568 g/mol. The van der Waals surface area contributed by atoms with Crippen LogP contribution in [0.4, 0.5) is 5.69 Å². The first-order chi connectivity index (χ1) is 21.8. The highest BCUT2D eigenvalue weighted by atomic mass is 15.2. The zero-order valence-corrected chi connectivity index (χ0v) is 24.8. The van der Waals surface area contributed by atoms with E-state index in [-0.39, 0.29) is 0 Å². The third-order valence-corrected chi connectivity index (χ3v) is 10.3. The third-order valence-electron chi connectivity index (χ3n) is 10.3. The minimum atomic E-state index is 0.376. The maximum absolute atomic E-state index is 2.63. The summed E-state index contributed by atoms with van der Waals surface area (Å²) in [6.45, 7) is 0. The van der Waals surface area contributed by atoms with E-state index in [4.69, 9.17) is 0 Å². The predicted octanol–water partition coefficient (Wildman–Crippen LogP) is 10.1. The van der Waals surface area contributed by atoms with Crippen molar-refractivity contribution in [3.05, 3.63) is 163 Å². The van der Waals surface area contributed by atoms with Crippen LogP contribution in [0.3, 0.4) is 0 Å². The molecule has 5 atom stereocenters. The van der Waals surface area contributed by atoms with Crippen LogP contribution in [0.5, 0.6) is 0 Å². The molecule has 214 valence electrons. The van der Waals surface area contributed by atoms with Crippen LogP contribution in [-0.2, 0) is 0 Å². The molecule has 0 N–H and O–H groups in total. The molecule has 3 aromatic carbocycles. The van der Waals surface area contributed by atoms with Crippen molar-refractivity contribution in [3.8, 4) is 0 Å². The Balaban J connectivity index is 1.07. The lowest BCUT2D eigenvalue weighted by Crippen LogP contribution is -2.36. The van der Waals surface area contributed by atoms with E-state index in [9.17, 15) is 0 Å². The number of nitrogens with zero attached hydrogens (tertiary/aromatic N) is 2. The van der Waals surface area contributed by atoms with Gasteiger partial charge in [0.25, 0.3) is 0 Å². The molecular formula is C42H36N2. The van der Waals surface area contributed by atoms with Crippen molar-refractivity contribution in [2.24, 2.45) is 17.8 Å². The van der Waals surface area contributed by atoms with Crippen molar-refractivity contribution < 1.29 is 0 Å². The lowest BCUT2D eigenvalue weighted by Gasteiger charge is -2.32. The second-order valence-electron chi connectivity index (χ2n) is 12.8. The van der Waals surface area contributed by atoms with Crippen LogP contribution < -0.4 is 4.90 Å². The minimum Gasteiger partial charge on any atom is -0.357 e. The Morgan fingerprint density at radius 2 is 1.50 bits per heavy atom. The van der Waals surface area contributed by atoms with Gasteiger partial charge in [-0.15, -0.1) is 0 Å². The van der Waals surface area contributed by atoms with E-state index in [0.717, 1.165) is 19.3 Å². The fourth-order valence-corrected chi connectivity index (χ4v) is 8.31. The predicted molar refractivity (Wildman–Crippen MR) is 186 cm³/mol. The van der Waals surface area contributed by atoms with Crippen LogP contribution in [0.1, 0.15) is 24.8 Å². The molecule has 1 saturated heterocycles. The fourth-order valence-electron chi connectivity index (χ4n) is 8.31. The summed E-state index contributed by atoms with van der Waals surface area (Å²) in [6, 6.07) is 27.7. The first-order valence-electron chi connectivity index (χ1n) is 16.2. The van der Waals surface area contributed by atoms with E-state index in [1.807, 2.05) is 0 Å². The van der Waals surface area contributed by atoms with E-state index in [1.54, 1.807) is 0 Å². The van der Waals surface area contributed by atoms with Crippen LogP contribution in [0, 0.1) is 17.8 Å². The Hall–Kier alpha value is -4.82. The average Bonchev–Trinajstić information content (AvgIpc) is 3.61. The summed E-state index contributed by atoms with van der Waals surface area (Å²) in [7, 11) is 0. The molecule has 0 amide bonds. The van der Waals surface area contributed by atoms with Crippen molar-refractivity contribution in [2.45, 2.75) is 31.3 Å². The van der Waals surface area contributed by atoms with Gasteiger partial charge in [-0.1, -0.05) is 115 Å². The second kappa shape index (κ2) is 10.4. The van der Waals surface area contributed by atoms with Gasteiger partial charge in [0.1, 0.15) is 0 Å². The zero-order chi connectivity index (χ0) is 29.0. The number of benzene rings is 3. The van der Waals surface area contributed by atoms with Crippen LogP contribution in [-0.4, -0.2) is 16.7 Å². The summed E-state index contributed by atoms with van der Waals surface area (Å²) < 4.78 is 2.47. The lowest BCUT2D eigenvalue weighted by molar-refractivity contribution is 0.519. The van der Waals surface area contributed by atoms with E-state index in [0.29, 0.717) is 29.8 Å². The van der Waals surface area contributed by atoms with Gasteiger partial charge in [0.15, 0.2) is 0 Å². The molecule has 9 rings (SSSR count). The van der Waals surface area contributed by atoms with Crippen LogP contribution in [0.15, 0.2) is 157 Å². The molecule has 44 heavy (non-hydrogen) atoms. The largest absolute Gasteiger partial charge is 0.357 e. The van der Waals surface area contributed by atoms with E-state index >= 15 is 0 Å². The molecule has 1 fully saturated rings. The highest BCUT2D eigenvalue weighted by Gasteiger charge is 2.46. The quantitative estimate of drug-likeness (QED) is 0.238. The van der Waals surface area contributed by atoms with E-state index in [2.05, 4.69) is 161 Å². The SMILES string of the molecule is C1=CCCC(n2c3ccccc3c3cc(C4=CC(C5=CC6C7C=CC=CC7N(c7ccccc7)C6C=C5)CC=C4)ccc32)=C1. The van der Waals surface area contributed by atoms with Gasteiger partial charge < -0.3 is 9.47 Å². The number of anilines is 1. The molecule has 0 bridgehead atoms. The Bertz CT molecular complexity index is 2020. The fraction of sp³-hybridized carbons (Fsp3) is 0.190. The summed E-state index contributed by atoms with van der Waals surface area (Å²) in [5.74, 6) is 1.34. The summed E-state index contributed by atoms with van der Waals surface area (Å²) in [5.41, 5.74) is 9.37. The first kappa shape index (κ1) is 25.7. The van der Waals surface area contributed by atoms with Crippen LogP contribution in [0.2, 0.25) is 0 Å². The molecule has 2 nitrogen and oxygen atoms in total. The van der Waals surface area contributed by atoms with Crippen molar-refractivity contribution >= 4 is 38.8 Å². The number of hydrogen-bond donors (Lipinski definition) is 0. The molecule has 0 radical (unpaired) electrons. The minimum absolute atomic E-state index is 0.376. The molecule has 1 aromatic heterocycles. The van der Waals surface area contributed by atoms with Gasteiger partial charge in [0.2, 0.25) is 0 Å². The number of aromatic nitrogens is 1. The van der Waals surface area contributed by atoms with Gasteiger partial charge in [-0.3, -0.25) is 0 Å². The molecule has 5 aliphatic rings. The molecular weight excluding hydrogens is 532 g/mol. The number of allylic oxidation sites excluding steroid dienone is 12. The van der Waals surface area contributed by atoms with Gasteiger partial charge in [-0.05, 0) is 72.4 Å². The highest BCUT2D eigenvalue weighted by Crippen LogP contribution is 2.46. The maximum atomic E-state index is 2.63. The Morgan fingerprint density at radius 3 is 2.41 bits per heavy atom. The van der Waals surface area contributed by atoms with Crippen LogP contribution >= 0.6 is 0 Å². The molecule has 5 unspecified atom stereocenters. The number of para-hydroxylation sites is 2. The second-order valence-corrected chi connectivity index (χ2v) is 12.8.